The molecule has 5 nitrogen and oxygen atoms in total. The van der Waals surface area contributed by atoms with Gasteiger partial charge in [0, 0.05) is 32.9 Å². The van der Waals surface area contributed by atoms with E-state index >= 15 is 0 Å². The summed E-state index contributed by atoms with van der Waals surface area (Å²) < 4.78 is 13.1. The molecule has 0 amide bonds. The van der Waals surface area contributed by atoms with Gasteiger partial charge in [-0.2, -0.15) is 5.10 Å². The fraction of sp³-hybridized carbons (Fsp3) is 0.769. The minimum absolute atomic E-state index is 0.00588. The molecule has 5 heteroatoms. The molecule has 1 atom stereocenters. The number of hydrogen-bond acceptors (Lipinski definition) is 4. The molecule has 0 bridgehead atoms. The highest BCUT2D eigenvalue weighted by molar-refractivity contribution is 5.41. The van der Waals surface area contributed by atoms with E-state index in [0.717, 1.165) is 38.2 Å². The maximum absolute atomic E-state index is 5.75. The van der Waals surface area contributed by atoms with Crippen molar-refractivity contribution in [2.75, 3.05) is 31.2 Å². The lowest BCUT2D eigenvalue weighted by atomic mass is 10.2. The van der Waals surface area contributed by atoms with E-state index < -0.39 is 0 Å². The van der Waals surface area contributed by atoms with Gasteiger partial charge in [-0.25, -0.2) is 0 Å². The lowest BCUT2D eigenvalue weighted by Crippen LogP contribution is -2.30. The van der Waals surface area contributed by atoms with Crippen LogP contribution in [0, 0.1) is 0 Å². The molecule has 0 spiro atoms. The molecule has 1 aromatic rings. The lowest BCUT2D eigenvalue weighted by Gasteiger charge is -2.25. The van der Waals surface area contributed by atoms with Crippen molar-refractivity contribution in [2.45, 2.75) is 32.5 Å². The zero-order chi connectivity index (χ0) is 12.8. The Balaban J connectivity index is 1.73. The Labute approximate surface area is 109 Å². The standard InChI is InChI=1S/C13H23N3O2/c1-3-16(12-10-14-15(2)11-12)7-9-18-13-6-4-5-8-17-13/h10-11,13H,3-9H2,1-2H3/t13-/m1/s1. The predicted molar refractivity (Wildman–Crippen MR) is 70.6 cm³/mol. The molecule has 1 aromatic heterocycles. The van der Waals surface area contributed by atoms with E-state index in [2.05, 4.69) is 16.9 Å². The number of nitrogens with zero attached hydrogens (tertiary/aromatic N) is 3. The van der Waals surface area contributed by atoms with E-state index in [-0.39, 0.29) is 6.29 Å². The summed E-state index contributed by atoms with van der Waals surface area (Å²) in [5.74, 6) is 0. The normalized spacial score (nSPS) is 20.0. The van der Waals surface area contributed by atoms with Crippen LogP contribution < -0.4 is 4.90 Å². The van der Waals surface area contributed by atoms with Crippen molar-refractivity contribution in [3.63, 3.8) is 0 Å². The van der Waals surface area contributed by atoms with E-state index in [9.17, 15) is 0 Å². The number of aryl methyl sites for hydroxylation is 1. The summed E-state index contributed by atoms with van der Waals surface area (Å²) in [5, 5.41) is 4.19. The van der Waals surface area contributed by atoms with Gasteiger partial charge in [0.05, 0.1) is 18.5 Å². The molecule has 2 rings (SSSR count). The van der Waals surface area contributed by atoms with E-state index in [1.165, 1.54) is 6.42 Å². The minimum atomic E-state index is 0.00588. The monoisotopic (exact) mass is 253 g/mol. The van der Waals surface area contributed by atoms with Crippen molar-refractivity contribution < 1.29 is 9.47 Å². The Morgan fingerprint density at radius 3 is 3.06 bits per heavy atom. The van der Waals surface area contributed by atoms with E-state index in [1.54, 1.807) is 0 Å². The molecular weight excluding hydrogens is 230 g/mol. The quantitative estimate of drug-likeness (QED) is 0.775. The predicted octanol–water partition coefficient (Wildman–Crippen LogP) is 1.79. The summed E-state index contributed by atoms with van der Waals surface area (Å²) in [4.78, 5) is 2.26. The van der Waals surface area contributed by atoms with Crippen LogP contribution in [-0.4, -0.2) is 42.4 Å². The number of likely N-dealkylation sites (N-methyl/N-ethyl adjacent to an activating group) is 1. The second kappa shape index (κ2) is 6.75. The van der Waals surface area contributed by atoms with Crippen molar-refractivity contribution in [1.29, 1.82) is 0 Å². The molecular formula is C13H23N3O2. The summed E-state index contributed by atoms with van der Waals surface area (Å²) in [6, 6.07) is 0. The van der Waals surface area contributed by atoms with E-state index in [1.807, 2.05) is 24.1 Å². The fourth-order valence-electron chi connectivity index (χ4n) is 2.18. The maximum atomic E-state index is 5.75. The molecule has 1 fully saturated rings. The molecule has 1 saturated heterocycles. The number of ether oxygens (including phenoxy) is 2. The van der Waals surface area contributed by atoms with E-state index in [4.69, 9.17) is 9.47 Å². The third kappa shape index (κ3) is 3.71. The van der Waals surface area contributed by atoms with Gasteiger partial charge in [0.15, 0.2) is 6.29 Å². The van der Waals surface area contributed by atoms with Crippen LogP contribution in [0.4, 0.5) is 5.69 Å². The summed E-state index contributed by atoms with van der Waals surface area (Å²) in [6.07, 6.45) is 7.33. The summed E-state index contributed by atoms with van der Waals surface area (Å²) in [5.41, 5.74) is 1.15. The summed E-state index contributed by atoms with van der Waals surface area (Å²) >= 11 is 0. The van der Waals surface area contributed by atoms with Crippen LogP contribution in [0.1, 0.15) is 26.2 Å². The van der Waals surface area contributed by atoms with Crippen molar-refractivity contribution in [3.05, 3.63) is 12.4 Å². The van der Waals surface area contributed by atoms with Gasteiger partial charge in [-0.1, -0.05) is 0 Å². The van der Waals surface area contributed by atoms with Gasteiger partial charge in [-0.15, -0.1) is 0 Å². The highest BCUT2D eigenvalue weighted by Gasteiger charge is 2.14. The van der Waals surface area contributed by atoms with Gasteiger partial charge in [0.1, 0.15) is 0 Å². The minimum Gasteiger partial charge on any atom is -0.367 e. The highest BCUT2D eigenvalue weighted by atomic mass is 16.7. The van der Waals surface area contributed by atoms with Crippen LogP contribution in [0.15, 0.2) is 12.4 Å². The van der Waals surface area contributed by atoms with Crippen LogP contribution in [0.2, 0.25) is 0 Å². The smallest absolute Gasteiger partial charge is 0.157 e. The van der Waals surface area contributed by atoms with Gasteiger partial charge in [-0.05, 0) is 26.2 Å². The average Bonchev–Trinajstić information content (AvgIpc) is 2.82. The first kappa shape index (κ1) is 13.4. The molecule has 0 aliphatic carbocycles. The Morgan fingerprint density at radius 2 is 2.44 bits per heavy atom. The molecule has 1 aliphatic rings. The Bertz CT molecular complexity index is 348. The number of rotatable bonds is 6. The van der Waals surface area contributed by atoms with Crippen molar-refractivity contribution in [1.82, 2.24) is 9.78 Å². The van der Waals surface area contributed by atoms with Gasteiger partial charge < -0.3 is 14.4 Å². The van der Waals surface area contributed by atoms with Gasteiger partial charge in [0.2, 0.25) is 0 Å². The maximum Gasteiger partial charge on any atom is 0.157 e. The Morgan fingerprint density at radius 1 is 1.56 bits per heavy atom. The molecule has 0 aromatic carbocycles. The largest absolute Gasteiger partial charge is 0.367 e. The molecule has 0 radical (unpaired) electrons. The molecule has 102 valence electrons. The average molecular weight is 253 g/mol. The third-order valence-corrected chi connectivity index (χ3v) is 3.24. The Kier molecular flexibility index (Phi) is 5.01. The molecule has 0 N–H and O–H groups in total. The first-order chi connectivity index (χ1) is 8.79. The van der Waals surface area contributed by atoms with Crippen LogP contribution >= 0.6 is 0 Å². The second-order valence-electron chi connectivity index (χ2n) is 4.62. The first-order valence-electron chi connectivity index (χ1n) is 6.76. The van der Waals surface area contributed by atoms with Crippen molar-refractivity contribution >= 4 is 5.69 Å². The van der Waals surface area contributed by atoms with Crippen LogP contribution in [-0.2, 0) is 16.5 Å². The van der Waals surface area contributed by atoms with Crippen LogP contribution in [0.25, 0.3) is 0 Å². The number of hydrogen-bond donors (Lipinski definition) is 0. The third-order valence-electron chi connectivity index (χ3n) is 3.24. The Hall–Kier alpha value is -1.07. The molecule has 2 heterocycles. The van der Waals surface area contributed by atoms with Gasteiger partial charge in [-0.3, -0.25) is 4.68 Å². The summed E-state index contributed by atoms with van der Waals surface area (Å²) in [6.45, 7) is 5.52. The topological polar surface area (TPSA) is 39.5 Å². The highest BCUT2D eigenvalue weighted by Crippen LogP contribution is 2.15. The lowest BCUT2D eigenvalue weighted by molar-refractivity contribution is -0.160. The molecule has 18 heavy (non-hydrogen) atoms. The zero-order valence-corrected chi connectivity index (χ0v) is 11.3. The van der Waals surface area contributed by atoms with E-state index in [0.29, 0.717) is 6.61 Å². The number of anilines is 1. The first-order valence-corrected chi connectivity index (χ1v) is 6.76. The van der Waals surface area contributed by atoms with Crippen molar-refractivity contribution in [2.24, 2.45) is 7.05 Å². The van der Waals surface area contributed by atoms with Crippen molar-refractivity contribution in [3.8, 4) is 0 Å². The zero-order valence-electron chi connectivity index (χ0n) is 11.3. The second-order valence-corrected chi connectivity index (χ2v) is 4.62. The van der Waals surface area contributed by atoms with Gasteiger partial charge in [0.25, 0.3) is 0 Å². The summed E-state index contributed by atoms with van der Waals surface area (Å²) in [7, 11) is 1.93. The van der Waals surface area contributed by atoms with Gasteiger partial charge >= 0.3 is 0 Å². The SMILES string of the molecule is CCN(CCO[C@@H]1CCCCO1)c1cnn(C)c1. The molecule has 0 saturated carbocycles. The molecule has 0 unspecified atom stereocenters. The fourth-order valence-corrected chi connectivity index (χ4v) is 2.18. The van der Waals surface area contributed by atoms with Crippen LogP contribution in [0.5, 0.6) is 0 Å². The molecule has 1 aliphatic heterocycles. The van der Waals surface area contributed by atoms with Crippen LogP contribution in [0.3, 0.4) is 0 Å². The number of aromatic nitrogens is 2.